The van der Waals surface area contributed by atoms with Crippen molar-refractivity contribution in [3.8, 4) is 0 Å². The second kappa shape index (κ2) is 6.58. The van der Waals surface area contributed by atoms with E-state index in [1.807, 2.05) is 25.5 Å². The van der Waals surface area contributed by atoms with Crippen molar-refractivity contribution in [2.45, 2.75) is 39.8 Å². The number of carbonyl (C=O) groups is 1. The van der Waals surface area contributed by atoms with Crippen molar-refractivity contribution >= 4 is 5.97 Å². The average molecular weight is 291 g/mol. The summed E-state index contributed by atoms with van der Waals surface area (Å²) < 4.78 is 7.26. The maximum Gasteiger partial charge on any atom is 0.371 e. The quantitative estimate of drug-likeness (QED) is 0.766. The van der Waals surface area contributed by atoms with Gasteiger partial charge in [0.25, 0.3) is 0 Å². The van der Waals surface area contributed by atoms with Crippen LogP contribution >= 0.6 is 0 Å². The molecule has 0 saturated carbocycles. The third kappa shape index (κ3) is 3.95. The molecule has 0 spiro atoms. The second-order valence-corrected chi connectivity index (χ2v) is 5.19. The monoisotopic (exact) mass is 291 g/mol. The molecule has 0 fully saturated rings. The van der Waals surface area contributed by atoms with Gasteiger partial charge in [-0.2, -0.15) is 5.10 Å². The Morgan fingerprint density at radius 2 is 2.24 bits per heavy atom. The number of hydrogen-bond acceptors (Lipinski definition) is 4. The molecular formula is C15H21N3O3. The Morgan fingerprint density at radius 1 is 1.48 bits per heavy atom. The van der Waals surface area contributed by atoms with E-state index in [0.717, 1.165) is 30.9 Å². The predicted molar refractivity (Wildman–Crippen MR) is 78.4 cm³/mol. The lowest BCUT2D eigenvalue weighted by atomic mass is 10.2. The largest absolute Gasteiger partial charge is 0.475 e. The summed E-state index contributed by atoms with van der Waals surface area (Å²) in [6, 6.07) is 5.22. The van der Waals surface area contributed by atoms with E-state index in [9.17, 15) is 4.79 Å². The molecule has 114 valence electrons. The van der Waals surface area contributed by atoms with E-state index in [0.29, 0.717) is 5.76 Å². The molecule has 0 aromatic carbocycles. The normalized spacial score (nSPS) is 12.5. The smallest absolute Gasteiger partial charge is 0.371 e. The Kier molecular flexibility index (Phi) is 4.80. The lowest BCUT2D eigenvalue weighted by molar-refractivity contribution is 0.0659. The van der Waals surface area contributed by atoms with E-state index in [1.165, 1.54) is 6.07 Å². The van der Waals surface area contributed by atoms with Crippen molar-refractivity contribution in [2.24, 2.45) is 0 Å². The van der Waals surface area contributed by atoms with Crippen molar-refractivity contribution < 1.29 is 14.3 Å². The van der Waals surface area contributed by atoms with Crippen LogP contribution in [0.1, 0.15) is 47.1 Å². The van der Waals surface area contributed by atoms with Crippen LogP contribution in [0, 0.1) is 13.8 Å². The van der Waals surface area contributed by atoms with Gasteiger partial charge in [0, 0.05) is 12.2 Å². The molecule has 2 N–H and O–H groups in total. The number of aromatic nitrogens is 2. The molecule has 2 heterocycles. The van der Waals surface area contributed by atoms with E-state index >= 15 is 0 Å². The maximum absolute atomic E-state index is 10.8. The number of aromatic carboxylic acids is 1. The number of furan rings is 1. The first kappa shape index (κ1) is 15.3. The summed E-state index contributed by atoms with van der Waals surface area (Å²) in [6.07, 6.45) is 0.943. The SMILES string of the molecule is Cc1cc(C)n(CCCNC(C)c2ccc(C(=O)O)o2)n1. The lowest BCUT2D eigenvalue weighted by Gasteiger charge is -2.11. The molecule has 2 aromatic heterocycles. The minimum absolute atomic E-state index is 0.0152. The summed E-state index contributed by atoms with van der Waals surface area (Å²) in [4.78, 5) is 10.8. The third-order valence-electron chi connectivity index (χ3n) is 3.36. The summed E-state index contributed by atoms with van der Waals surface area (Å²) in [6.45, 7) is 7.65. The number of nitrogens with one attached hydrogen (secondary N) is 1. The minimum atomic E-state index is -1.04. The number of aryl methyl sites for hydroxylation is 3. The van der Waals surface area contributed by atoms with Gasteiger partial charge in [0.2, 0.25) is 5.76 Å². The third-order valence-corrected chi connectivity index (χ3v) is 3.36. The molecular weight excluding hydrogens is 270 g/mol. The average Bonchev–Trinajstić information content (AvgIpc) is 3.02. The zero-order valence-corrected chi connectivity index (χ0v) is 12.6. The first-order chi connectivity index (χ1) is 9.97. The second-order valence-electron chi connectivity index (χ2n) is 5.19. The Balaban J connectivity index is 1.77. The van der Waals surface area contributed by atoms with E-state index in [2.05, 4.69) is 16.5 Å². The Labute approximate surface area is 123 Å². The molecule has 6 heteroatoms. The van der Waals surface area contributed by atoms with Crippen LogP contribution in [0.25, 0.3) is 0 Å². The first-order valence-electron chi connectivity index (χ1n) is 7.05. The summed E-state index contributed by atoms with van der Waals surface area (Å²) in [5.41, 5.74) is 2.20. The number of nitrogens with zero attached hydrogens (tertiary/aromatic N) is 2. The fourth-order valence-electron chi connectivity index (χ4n) is 2.25. The van der Waals surface area contributed by atoms with Crippen molar-refractivity contribution in [1.82, 2.24) is 15.1 Å². The summed E-state index contributed by atoms with van der Waals surface area (Å²) in [5.74, 6) is -0.433. The molecule has 2 rings (SSSR count). The first-order valence-corrected chi connectivity index (χ1v) is 7.05. The van der Waals surface area contributed by atoms with Gasteiger partial charge in [-0.25, -0.2) is 4.79 Å². The van der Waals surface area contributed by atoms with Gasteiger partial charge in [0.15, 0.2) is 0 Å². The highest BCUT2D eigenvalue weighted by molar-refractivity contribution is 5.84. The molecule has 2 aromatic rings. The molecule has 0 amide bonds. The van der Waals surface area contributed by atoms with Gasteiger partial charge >= 0.3 is 5.97 Å². The van der Waals surface area contributed by atoms with E-state index in [4.69, 9.17) is 9.52 Å². The van der Waals surface area contributed by atoms with Gasteiger partial charge < -0.3 is 14.8 Å². The summed E-state index contributed by atoms with van der Waals surface area (Å²) in [5, 5.41) is 16.6. The maximum atomic E-state index is 10.8. The molecule has 6 nitrogen and oxygen atoms in total. The highest BCUT2D eigenvalue weighted by Gasteiger charge is 2.13. The molecule has 0 saturated heterocycles. The van der Waals surface area contributed by atoms with Gasteiger partial charge in [-0.3, -0.25) is 4.68 Å². The standard InChI is InChI=1S/C15H21N3O3/c1-10-9-11(2)18(17-10)8-4-7-16-12(3)13-5-6-14(21-13)15(19)20/h5-6,9,12,16H,4,7-8H2,1-3H3,(H,19,20). The van der Waals surface area contributed by atoms with Gasteiger partial charge in [-0.1, -0.05) is 0 Å². The van der Waals surface area contributed by atoms with Crippen molar-refractivity contribution in [2.75, 3.05) is 6.54 Å². The molecule has 0 aliphatic heterocycles. The van der Waals surface area contributed by atoms with Crippen LogP contribution in [0.15, 0.2) is 22.6 Å². The molecule has 1 atom stereocenters. The van der Waals surface area contributed by atoms with Crippen LogP contribution in [0.3, 0.4) is 0 Å². The Bertz CT molecular complexity index is 615. The van der Waals surface area contributed by atoms with E-state index in [-0.39, 0.29) is 11.8 Å². The van der Waals surface area contributed by atoms with Crippen LogP contribution in [0.2, 0.25) is 0 Å². The van der Waals surface area contributed by atoms with Crippen LogP contribution in [-0.2, 0) is 6.54 Å². The Hall–Kier alpha value is -2.08. The number of carboxylic acid groups (broad SMARTS) is 1. The number of hydrogen-bond donors (Lipinski definition) is 2. The fraction of sp³-hybridized carbons (Fsp3) is 0.467. The molecule has 21 heavy (non-hydrogen) atoms. The van der Waals surface area contributed by atoms with Gasteiger partial charge in [0.1, 0.15) is 5.76 Å². The Morgan fingerprint density at radius 3 is 2.81 bits per heavy atom. The van der Waals surface area contributed by atoms with Gasteiger partial charge in [-0.15, -0.1) is 0 Å². The summed E-state index contributed by atoms with van der Waals surface area (Å²) in [7, 11) is 0. The summed E-state index contributed by atoms with van der Waals surface area (Å²) >= 11 is 0. The highest BCUT2D eigenvalue weighted by Crippen LogP contribution is 2.16. The highest BCUT2D eigenvalue weighted by atomic mass is 16.4. The van der Waals surface area contributed by atoms with Crippen LogP contribution < -0.4 is 5.32 Å². The van der Waals surface area contributed by atoms with Crippen LogP contribution in [0.4, 0.5) is 0 Å². The van der Waals surface area contributed by atoms with Gasteiger partial charge in [0.05, 0.1) is 11.7 Å². The lowest BCUT2D eigenvalue weighted by Crippen LogP contribution is -2.21. The number of carboxylic acids is 1. The van der Waals surface area contributed by atoms with E-state index < -0.39 is 5.97 Å². The van der Waals surface area contributed by atoms with E-state index in [1.54, 1.807) is 6.07 Å². The van der Waals surface area contributed by atoms with Crippen LogP contribution in [-0.4, -0.2) is 27.4 Å². The minimum Gasteiger partial charge on any atom is -0.475 e. The van der Waals surface area contributed by atoms with Crippen molar-refractivity contribution in [3.05, 3.63) is 41.1 Å². The fourth-order valence-corrected chi connectivity index (χ4v) is 2.25. The molecule has 0 aliphatic carbocycles. The number of rotatable bonds is 7. The molecule has 0 bridgehead atoms. The topological polar surface area (TPSA) is 80.3 Å². The van der Waals surface area contributed by atoms with Crippen molar-refractivity contribution in [3.63, 3.8) is 0 Å². The molecule has 1 unspecified atom stereocenters. The zero-order valence-electron chi connectivity index (χ0n) is 12.6. The molecule has 0 aliphatic rings. The predicted octanol–water partition coefficient (Wildman–Crippen LogP) is 2.53. The molecule has 0 radical (unpaired) electrons. The van der Waals surface area contributed by atoms with Crippen molar-refractivity contribution in [1.29, 1.82) is 0 Å². The van der Waals surface area contributed by atoms with Crippen LogP contribution in [0.5, 0.6) is 0 Å². The zero-order chi connectivity index (χ0) is 15.4. The van der Waals surface area contributed by atoms with Gasteiger partial charge in [-0.05, 0) is 51.9 Å².